The molecule has 2 aromatic carbocycles. The lowest BCUT2D eigenvalue weighted by Crippen LogP contribution is -2.21. The van der Waals surface area contributed by atoms with Gasteiger partial charge in [-0.2, -0.15) is 0 Å². The number of Topliss-reactive ketones (excluding diaryl/α,β-unsaturated/α-hetero) is 2. The molecule has 0 unspecified atom stereocenters. The Morgan fingerprint density at radius 1 is 0.710 bits per heavy atom. The summed E-state index contributed by atoms with van der Waals surface area (Å²) in [6.45, 7) is 6.34. The summed E-state index contributed by atoms with van der Waals surface area (Å²) in [7, 11) is 0. The van der Waals surface area contributed by atoms with E-state index in [9.17, 15) is 9.59 Å². The third kappa shape index (κ3) is 4.43. The molecule has 31 heavy (non-hydrogen) atoms. The van der Waals surface area contributed by atoms with Crippen molar-refractivity contribution < 1.29 is 9.59 Å². The molecule has 2 nitrogen and oxygen atoms in total. The minimum atomic E-state index is -0.391. The van der Waals surface area contributed by atoms with E-state index in [1.807, 2.05) is 37.3 Å². The first-order chi connectivity index (χ1) is 15.0. The van der Waals surface area contributed by atoms with Crippen molar-refractivity contribution >= 4 is 22.9 Å². The fourth-order valence-electron chi connectivity index (χ4n) is 4.53. The molecule has 0 radical (unpaired) electrons. The number of ketones is 2. The second kappa shape index (κ2) is 9.32. The first-order valence-corrected chi connectivity index (χ1v) is 12.2. The van der Waals surface area contributed by atoms with Gasteiger partial charge in [0.15, 0.2) is 0 Å². The molecule has 0 saturated carbocycles. The molecule has 1 heterocycles. The number of carbonyl (C=O) groups is 2. The van der Waals surface area contributed by atoms with E-state index in [1.165, 1.54) is 53.8 Å². The molecule has 0 bridgehead atoms. The first-order valence-electron chi connectivity index (χ1n) is 11.4. The normalized spacial score (nSPS) is 12.7. The van der Waals surface area contributed by atoms with Crippen LogP contribution in [0.1, 0.15) is 82.2 Å². The van der Waals surface area contributed by atoms with Gasteiger partial charge in [-0.05, 0) is 67.1 Å². The Hall–Kier alpha value is -2.52. The summed E-state index contributed by atoms with van der Waals surface area (Å²) in [6.07, 6.45) is 8.76. The monoisotopic (exact) mass is 430 g/mol. The molecule has 4 rings (SSSR count). The molecular formula is C28H30O2S. The van der Waals surface area contributed by atoms with E-state index in [2.05, 4.69) is 26.0 Å². The van der Waals surface area contributed by atoms with E-state index in [0.29, 0.717) is 11.1 Å². The fraction of sp³-hybridized carbons (Fsp3) is 0.357. The first kappa shape index (κ1) is 21.7. The Morgan fingerprint density at radius 3 is 2.10 bits per heavy atom. The van der Waals surface area contributed by atoms with Crippen LogP contribution in [-0.4, -0.2) is 11.6 Å². The van der Waals surface area contributed by atoms with Gasteiger partial charge in [-0.1, -0.05) is 68.9 Å². The molecule has 1 aliphatic rings. The highest BCUT2D eigenvalue weighted by Crippen LogP contribution is 2.39. The highest BCUT2D eigenvalue weighted by atomic mass is 32.1. The van der Waals surface area contributed by atoms with Crippen LogP contribution in [0.4, 0.5) is 0 Å². The molecule has 0 fully saturated rings. The number of unbranched alkanes of at least 4 members (excludes halogenated alkanes) is 5. The Balaban J connectivity index is 1.62. The van der Waals surface area contributed by atoms with E-state index in [4.69, 9.17) is 0 Å². The topological polar surface area (TPSA) is 34.1 Å². The summed E-state index contributed by atoms with van der Waals surface area (Å²) in [5, 5.41) is 0. The van der Waals surface area contributed by atoms with E-state index in [-0.39, 0.29) is 5.78 Å². The number of hydrogen-bond acceptors (Lipinski definition) is 3. The molecule has 3 aromatic rings. The average molecular weight is 431 g/mol. The van der Waals surface area contributed by atoms with E-state index in [0.717, 1.165) is 28.7 Å². The lowest BCUT2D eigenvalue weighted by atomic mass is 9.82. The van der Waals surface area contributed by atoms with Crippen molar-refractivity contribution in [2.45, 2.75) is 65.7 Å². The van der Waals surface area contributed by atoms with Crippen molar-refractivity contribution in [3.05, 3.63) is 69.6 Å². The lowest BCUT2D eigenvalue weighted by Gasteiger charge is -2.19. The van der Waals surface area contributed by atoms with Crippen LogP contribution in [0.3, 0.4) is 0 Å². The quantitative estimate of drug-likeness (QED) is 0.268. The molecule has 1 aliphatic carbocycles. The molecule has 0 saturated heterocycles. The molecule has 0 N–H and O–H groups in total. The number of hydrogen-bond donors (Lipinski definition) is 0. The van der Waals surface area contributed by atoms with Crippen molar-refractivity contribution in [1.82, 2.24) is 0 Å². The number of rotatable bonds is 8. The maximum atomic E-state index is 12.9. The van der Waals surface area contributed by atoms with Gasteiger partial charge in [0.1, 0.15) is 0 Å². The van der Waals surface area contributed by atoms with Gasteiger partial charge in [0.2, 0.25) is 11.6 Å². The highest BCUT2D eigenvalue weighted by molar-refractivity contribution is 7.15. The van der Waals surface area contributed by atoms with Gasteiger partial charge in [0.05, 0.1) is 0 Å². The molecule has 0 aliphatic heterocycles. The summed E-state index contributed by atoms with van der Waals surface area (Å²) in [5.74, 6) is -0.779. The minimum Gasteiger partial charge on any atom is -0.285 e. The second-order valence-corrected chi connectivity index (χ2v) is 9.95. The average Bonchev–Trinajstić information content (AvgIpc) is 3.14. The summed E-state index contributed by atoms with van der Waals surface area (Å²) < 4.78 is 0. The van der Waals surface area contributed by atoms with E-state index >= 15 is 0 Å². The van der Waals surface area contributed by atoms with Crippen LogP contribution in [0.25, 0.3) is 21.6 Å². The van der Waals surface area contributed by atoms with Crippen molar-refractivity contribution in [2.24, 2.45) is 0 Å². The van der Waals surface area contributed by atoms with Crippen LogP contribution in [0.15, 0.2) is 42.5 Å². The van der Waals surface area contributed by atoms with E-state index in [1.54, 1.807) is 11.3 Å². The maximum absolute atomic E-state index is 12.9. The standard InChI is InChI=1S/C28H30O2S/c1-4-5-6-7-8-9-10-20-16-19(3)31-28(20)21-12-14-23-22-13-11-18(2)15-24(22)26(29)27(30)25(23)17-21/h11-17H,4-10H2,1-3H3. The van der Waals surface area contributed by atoms with Gasteiger partial charge < -0.3 is 0 Å². The third-order valence-electron chi connectivity index (χ3n) is 6.17. The molecule has 3 heteroatoms. The van der Waals surface area contributed by atoms with Crippen molar-refractivity contribution in [1.29, 1.82) is 0 Å². The van der Waals surface area contributed by atoms with Crippen LogP contribution >= 0.6 is 11.3 Å². The summed E-state index contributed by atoms with van der Waals surface area (Å²) in [4.78, 5) is 28.2. The Labute approximate surface area is 189 Å². The summed E-state index contributed by atoms with van der Waals surface area (Å²) >= 11 is 1.78. The van der Waals surface area contributed by atoms with Gasteiger partial charge in [0.25, 0.3) is 0 Å². The molecule has 0 spiro atoms. The Morgan fingerprint density at radius 2 is 1.35 bits per heavy atom. The van der Waals surface area contributed by atoms with Crippen LogP contribution in [0.5, 0.6) is 0 Å². The zero-order chi connectivity index (χ0) is 22.0. The van der Waals surface area contributed by atoms with Crippen molar-refractivity contribution in [3.63, 3.8) is 0 Å². The molecule has 0 amide bonds. The zero-order valence-electron chi connectivity index (χ0n) is 18.7. The van der Waals surface area contributed by atoms with Crippen LogP contribution in [-0.2, 0) is 6.42 Å². The SMILES string of the molecule is CCCCCCCCc1cc(C)sc1-c1ccc2c(c1)C(=O)C(=O)c1cc(C)ccc1-2. The van der Waals surface area contributed by atoms with Gasteiger partial charge in [-0.25, -0.2) is 0 Å². The third-order valence-corrected chi connectivity index (χ3v) is 7.32. The smallest absolute Gasteiger partial charge is 0.234 e. The van der Waals surface area contributed by atoms with Gasteiger partial charge in [0, 0.05) is 20.9 Å². The Bertz CT molecular complexity index is 1140. The van der Waals surface area contributed by atoms with Crippen molar-refractivity contribution in [3.8, 4) is 21.6 Å². The lowest BCUT2D eigenvalue weighted by molar-refractivity contribution is 0.0815. The predicted molar refractivity (Wildman–Crippen MR) is 130 cm³/mol. The minimum absolute atomic E-state index is 0.388. The van der Waals surface area contributed by atoms with E-state index < -0.39 is 5.78 Å². The molecule has 160 valence electrons. The molecular weight excluding hydrogens is 400 g/mol. The number of benzene rings is 2. The number of aryl methyl sites for hydroxylation is 3. The van der Waals surface area contributed by atoms with Gasteiger partial charge >= 0.3 is 0 Å². The summed E-state index contributed by atoms with van der Waals surface area (Å²) in [6, 6.07) is 14.2. The number of carbonyl (C=O) groups excluding carboxylic acids is 2. The van der Waals surface area contributed by atoms with Crippen LogP contribution < -0.4 is 0 Å². The van der Waals surface area contributed by atoms with Crippen LogP contribution in [0, 0.1) is 13.8 Å². The van der Waals surface area contributed by atoms with Crippen LogP contribution in [0.2, 0.25) is 0 Å². The molecule has 1 aromatic heterocycles. The summed E-state index contributed by atoms with van der Waals surface area (Å²) in [5.41, 5.74) is 6.21. The maximum Gasteiger partial charge on any atom is 0.234 e. The van der Waals surface area contributed by atoms with Crippen molar-refractivity contribution in [2.75, 3.05) is 0 Å². The largest absolute Gasteiger partial charge is 0.285 e. The van der Waals surface area contributed by atoms with Gasteiger partial charge in [-0.3, -0.25) is 9.59 Å². The highest BCUT2D eigenvalue weighted by Gasteiger charge is 2.30. The fourth-order valence-corrected chi connectivity index (χ4v) is 5.59. The molecule has 0 atom stereocenters. The number of thiophene rings is 1. The Kier molecular flexibility index (Phi) is 6.52. The van der Waals surface area contributed by atoms with Gasteiger partial charge in [-0.15, -0.1) is 11.3 Å². The zero-order valence-corrected chi connectivity index (χ0v) is 19.5. The second-order valence-electron chi connectivity index (χ2n) is 8.70. The number of fused-ring (bicyclic) bond motifs is 3. The predicted octanol–water partition coefficient (Wildman–Crippen LogP) is 7.98.